The molecule has 1 saturated carbocycles. The number of aliphatic hydroxyl groups excluding tert-OH is 1. The highest BCUT2D eigenvalue weighted by molar-refractivity contribution is 7.10. The third-order valence-corrected chi connectivity index (χ3v) is 5.82. The first-order chi connectivity index (χ1) is 11.7. The molecule has 0 radical (unpaired) electrons. The van der Waals surface area contributed by atoms with E-state index >= 15 is 0 Å². The van der Waals surface area contributed by atoms with Crippen LogP contribution in [0.1, 0.15) is 42.0 Å². The number of amides is 1. The average molecular weight is 347 g/mol. The van der Waals surface area contributed by atoms with Gasteiger partial charge in [0.1, 0.15) is 5.82 Å². The van der Waals surface area contributed by atoms with E-state index in [1.54, 1.807) is 23.5 Å². The number of rotatable bonds is 8. The number of carbonyl (C=O) groups is 1. The standard InChI is InChI=1S/C19H22FNO2S/c20-16-5-3-15(4-6-16)19(9-10-19)18(23)21-11-7-14(8-12-22)17-2-1-13-24-17/h1-6,13-14,22H,7-12H2,(H,21,23)/t14-/m0/s1. The second-order valence-corrected chi connectivity index (χ2v) is 7.34. The van der Waals surface area contributed by atoms with Gasteiger partial charge in [-0.2, -0.15) is 0 Å². The summed E-state index contributed by atoms with van der Waals surface area (Å²) >= 11 is 1.69. The minimum absolute atomic E-state index is 0.0306. The molecule has 1 amide bonds. The van der Waals surface area contributed by atoms with Gasteiger partial charge in [-0.05, 0) is 60.7 Å². The van der Waals surface area contributed by atoms with E-state index < -0.39 is 5.41 Å². The van der Waals surface area contributed by atoms with Crippen LogP contribution in [0.15, 0.2) is 41.8 Å². The number of hydrogen-bond donors (Lipinski definition) is 2. The van der Waals surface area contributed by atoms with E-state index in [9.17, 15) is 14.3 Å². The molecule has 2 N–H and O–H groups in total. The average Bonchev–Trinajstić information content (AvgIpc) is 3.21. The van der Waals surface area contributed by atoms with Gasteiger partial charge in [0.15, 0.2) is 0 Å². The summed E-state index contributed by atoms with van der Waals surface area (Å²) in [6.07, 6.45) is 3.15. The first kappa shape index (κ1) is 17.1. The van der Waals surface area contributed by atoms with Gasteiger partial charge in [0.05, 0.1) is 5.41 Å². The third kappa shape index (κ3) is 3.68. The molecule has 0 saturated heterocycles. The highest BCUT2D eigenvalue weighted by Crippen LogP contribution is 2.48. The van der Waals surface area contributed by atoms with Crippen LogP contribution >= 0.6 is 11.3 Å². The molecular weight excluding hydrogens is 325 g/mol. The van der Waals surface area contributed by atoms with E-state index in [1.165, 1.54) is 17.0 Å². The SMILES string of the molecule is O=C(NCC[C@@H](CCO)c1cccs1)C1(c2ccc(F)cc2)CC1. The van der Waals surface area contributed by atoms with Gasteiger partial charge in [0, 0.05) is 18.0 Å². The molecule has 0 unspecified atom stereocenters. The molecule has 1 aromatic heterocycles. The lowest BCUT2D eigenvalue weighted by molar-refractivity contribution is -0.123. The summed E-state index contributed by atoms with van der Waals surface area (Å²) < 4.78 is 13.1. The van der Waals surface area contributed by atoms with Crippen LogP contribution in [-0.2, 0) is 10.2 Å². The zero-order valence-corrected chi connectivity index (χ0v) is 14.3. The zero-order chi connectivity index (χ0) is 17.0. The van der Waals surface area contributed by atoms with Gasteiger partial charge in [0.2, 0.25) is 5.91 Å². The fourth-order valence-corrected chi connectivity index (χ4v) is 4.08. The minimum atomic E-state index is -0.469. The van der Waals surface area contributed by atoms with E-state index in [2.05, 4.69) is 11.4 Å². The van der Waals surface area contributed by atoms with E-state index in [-0.39, 0.29) is 24.2 Å². The van der Waals surface area contributed by atoms with Crippen LogP contribution in [0.2, 0.25) is 0 Å². The number of aliphatic hydroxyl groups is 1. The second-order valence-electron chi connectivity index (χ2n) is 6.36. The van der Waals surface area contributed by atoms with Crippen molar-refractivity contribution in [3.8, 4) is 0 Å². The van der Waals surface area contributed by atoms with Gasteiger partial charge in [0.25, 0.3) is 0 Å². The van der Waals surface area contributed by atoms with E-state index in [0.717, 1.165) is 24.8 Å². The number of benzene rings is 1. The normalized spacial score (nSPS) is 16.6. The Kier molecular flexibility index (Phi) is 5.31. The van der Waals surface area contributed by atoms with Crippen molar-refractivity contribution >= 4 is 17.2 Å². The van der Waals surface area contributed by atoms with Crippen LogP contribution in [0.4, 0.5) is 4.39 Å². The molecule has 0 bridgehead atoms. The van der Waals surface area contributed by atoms with Gasteiger partial charge in [-0.25, -0.2) is 4.39 Å². The predicted molar refractivity (Wildman–Crippen MR) is 93.7 cm³/mol. The molecule has 1 aromatic carbocycles. The fraction of sp³-hybridized carbons (Fsp3) is 0.421. The Labute approximate surface area is 145 Å². The Bertz CT molecular complexity index is 665. The van der Waals surface area contributed by atoms with E-state index in [0.29, 0.717) is 13.0 Å². The molecule has 3 nitrogen and oxygen atoms in total. The highest BCUT2D eigenvalue weighted by atomic mass is 32.1. The largest absolute Gasteiger partial charge is 0.396 e. The van der Waals surface area contributed by atoms with Crippen molar-refractivity contribution < 1.29 is 14.3 Å². The Balaban J connectivity index is 1.56. The van der Waals surface area contributed by atoms with Crippen LogP contribution < -0.4 is 5.32 Å². The molecule has 0 spiro atoms. The molecule has 1 aliphatic rings. The molecule has 3 rings (SSSR count). The first-order valence-electron chi connectivity index (χ1n) is 8.34. The maximum absolute atomic E-state index is 13.1. The van der Waals surface area contributed by atoms with Crippen molar-refractivity contribution in [3.05, 3.63) is 58.0 Å². The van der Waals surface area contributed by atoms with Gasteiger partial charge in [-0.3, -0.25) is 4.79 Å². The van der Waals surface area contributed by atoms with Crippen LogP contribution in [0.25, 0.3) is 0 Å². The molecule has 1 fully saturated rings. The molecule has 0 aliphatic heterocycles. The van der Waals surface area contributed by atoms with Gasteiger partial charge in [-0.1, -0.05) is 18.2 Å². The Morgan fingerprint density at radius 1 is 1.25 bits per heavy atom. The lowest BCUT2D eigenvalue weighted by Crippen LogP contribution is -2.35. The zero-order valence-electron chi connectivity index (χ0n) is 13.5. The monoisotopic (exact) mass is 347 g/mol. The van der Waals surface area contributed by atoms with Crippen LogP contribution in [0.5, 0.6) is 0 Å². The first-order valence-corrected chi connectivity index (χ1v) is 9.22. The molecule has 1 aliphatic carbocycles. The summed E-state index contributed by atoms with van der Waals surface area (Å²) in [7, 11) is 0. The minimum Gasteiger partial charge on any atom is -0.396 e. The maximum atomic E-state index is 13.1. The second kappa shape index (κ2) is 7.45. The summed E-state index contributed by atoms with van der Waals surface area (Å²) in [5.74, 6) is 0.0251. The topological polar surface area (TPSA) is 49.3 Å². The Hall–Kier alpha value is -1.72. The van der Waals surface area contributed by atoms with Crippen LogP contribution in [0, 0.1) is 5.82 Å². The number of halogens is 1. The van der Waals surface area contributed by atoms with E-state index in [1.807, 2.05) is 11.4 Å². The van der Waals surface area contributed by atoms with Crippen molar-refractivity contribution in [1.82, 2.24) is 5.32 Å². The summed E-state index contributed by atoms with van der Waals surface area (Å²) in [4.78, 5) is 13.8. The molecule has 5 heteroatoms. The van der Waals surface area contributed by atoms with Gasteiger partial charge in [-0.15, -0.1) is 11.3 Å². The lowest BCUT2D eigenvalue weighted by Gasteiger charge is -2.18. The van der Waals surface area contributed by atoms with Crippen LogP contribution in [-0.4, -0.2) is 24.2 Å². The fourth-order valence-electron chi connectivity index (χ4n) is 3.18. The quantitative estimate of drug-likeness (QED) is 0.767. The molecule has 2 aromatic rings. The molecule has 1 atom stereocenters. The molecule has 24 heavy (non-hydrogen) atoms. The summed E-state index contributed by atoms with van der Waals surface area (Å²) in [5, 5.41) is 14.3. The summed E-state index contributed by atoms with van der Waals surface area (Å²) in [6, 6.07) is 10.3. The van der Waals surface area contributed by atoms with Crippen molar-refractivity contribution in [1.29, 1.82) is 0 Å². The molecule has 128 valence electrons. The molecule has 1 heterocycles. The molecular formula is C19H22FNO2S. The number of carbonyl (C=O) groups excluding carboxylic acids is 1. The number of hydrogen-bond acceptors (Lipinski definition) is 3. The van der Waals surface area contributed by atoms with Gasteiger partial charge < -0.3 is 10.4 Å². The van der Waals surface area contributed by atoms with Crippen LogP contribution in [0.3, 0.4) is 0 Å². The smallest absolute Gasteiger partial charge is 0.230 e. The third-order valence-electron chi connectivity index (χ3n) is 4.78. The maximum Gasteiger partial charge on any atom is 0.230 e. The summed E-state index contributed by atoms with van der Waals surface area (Å²) in [5.41, 5.74) is 0.426. The Morgan fingerprint density at radius 2 is 2.00 bits per heavy atom. The lowest BCUT2D eigenvalue weighted by atomic mass is 9.94. The van der Waals surface area contributed by atoms with Crippen molar-refractivity contribution in [2.45, 2.75) is 37.0 Å². The Morgan fingerprint density at radius 3 is 2.58 bits per heavy atom. The highest BCUT2D eigenvalue weighted by Gasteiger charge is 2.51. The van der Waals surface area contributed by atoms with Crippen molar-refractivity contribution in [2.24, 2.45) is 0 Å². The number of thiophene rings is 1. The van der Waals surface area contributed by atoms with Gasteiger partial charge >= 0.3 is 0 Å². The summed E-state index contributed by atoms with van der Waals surface area (Å²) in [6.45, 7) is 0.736. The van der Waals surface area contributed by atoms with Crippen molar-refractivity contribution in [2.75, 3.05) is 13.2 Å². The van der Waals surface area contributed by atoms with E-state index in [4.69, 9.17) is 0 Å². The predicted octanol–water partition coefficient (Wildman–Crippen LogP) is 3.59. The van der Waals surface area contributed by atoms with Crippen molar-refractivity contribution in [3.63, 3.8) is 0 Å². The number of nitrogens with one attached hydrogen (secondary N) is 1.